The predicted octanol–water partition coefficient (Wildman–Crippen LogP) is 1.53. The maximum absolute atomic E-state index is 13.6. The third kappa shape index (κ3) is 3.26. The number of nitrogens with zero attached hydrogens (tertiary/aromatic N) is 1. The van der Waals surface area contributed by atoms with Crippen molar-refractivity contribution in [2.24, 2.45) is 11.8 Å². The zero-order valence-electron chi connectivity index (χ0n) is 18.1. The summed E-state index contributed by atoms with van der Waals surface area (Å²) in [5, 5.41) is 6.00. The minimum atomic E-state index is -1.07. The number of carbonyl (C=O) groups is 3. The molecular weight excluding hydrogens is 394 g/mol. The molecule has 7 nitrogen and oxygen atoms in total. The first-order valence-electron chi connectivity index (χ1n) is 11.0. The van der Waals surface area contributed by atoms with Gasteiger partial charge in [0.1, 0.15) is 11.6 Å². The standard InChI is InChI=1S/C24H29N3O4/c1-23(2,3)26-21(29)19-24-12-11-16(31-24)17(18(24)22(30)27(19)15-9-10-15)20(28)25-13-14-7-5-4-6-8-14/h4-8,11-12,15-19H,9-10,13H2,1-3H3,(H,25,28)(H,26,29)/t16-,17+,18-,19-,24+/m1/s1. The lowest BCUT2D eigenvalue weighted by Gasteiger charge is -2.34. The summed E-state index contributed by atoms with van der Waals surface area (Å²) in [6, 6.07) is 8.97. The van der Waals surface area contributed by atoms with Crippen LogP contribution in [-0.4, -0.2) is 51.9 Å². The van der Waals surface area contributed by atoms with E-state index in [1.54, 1.807) is 4.90 Å². The van der Waals surface area contributed by atoms with Gasteiger partial charge >= 0.3 is 0 Å². The normalized spacial score (nSPS) is 33.5. The van der Waals surface area contributed by atoms with Crippen LogP contribution in [0, 0.1) is 11.8 Å². The van der Waals surface area contributed by atoms with Crippen LogP contribution in [0.25, 0.3) is 0 Å². The van der Waals surface area contributed by atoms with Crippen LogP contribution >= 0.6 is 0 Å². The van der Waals surface area contributed by atoms with Crippen LogP contribution in [0.1, 0.15) is 39.2 Å². The summed E-state index contributed by atoms with van der Waals surface area (Å²) in [6.07, 6.45) is 4.98. The number of carbonyl (C=O) groups excluding carboxylic acids is 3. The SMILES string of the molecule is CC(C)(C)NC(=O)[C@H]1N(C2CC2)C(=O)[C@H]2[C@@H](C(=O)NCc3ccccc3)[C@H]3C=C[C@]21O3. The molecule has 1 aliphatic carbocycles. The smallest absolute Gasteiger partial charge is 0.246 e. The van der Waals surface area contributed by atoms with Gasteiger partial charge in [0, 0.05) is 18.1 Å². The number of rotatable bonds is 5. The van der Waals surface area contributed by atoms with E-state index >= 15 is 0 Å². The third-order valence-electron chi connectivity index (χ3n) is 6.61. The molecule has 0 radical (unpaired) electrons. The average molecular weight is 424 g/mol. The lowest BCUT2D eigenvalue weighted by Crippen LogP contribution is -2.58. The fourth-order valence-electron chi connectivity index (χ4n) is 5.29. The molecule has 5 rings (SSSR count). The number of nitrogens with one attached hydrogen (secondary N) is 2. The number of amides is 3. The minimum absolute atomic E-state index is 0.0484. The molecule has 3 amide bonds. The van der Waals surface area contributed by atoms with Gasteiger partial charge in [-0.15, -0.1) is 0 Å². The Morgan fingerprint density at radius 2 is 1.87 bits per heavy atom. The summed E-state index contributed by atoms with van der Waals surface area (Å²) in [4.78, 5) is 41.8. The summed E-state index contributed by atoms with van der Waals surface area (Å²) >= 11 is 0. The number of benzene rings is 1. The maximum Gasteiger partial charge on any atom is 0.246 e. The zero-order chi connectivity index (χ0) is 22.0. The Balaban J connectivity index is 1.43. The Morgan fingerprint density at radius 3 is 2.52 bits per heavy atom. The lowest BCUT2D eigenvalue weighted by atomic mass is 9.74. The molecule has 1 aromatic carbocycles. The van der Waals surface area contributed by atoms with E-state index in [1.807, 2.05) is 63.3 Å². The molecule has 3 heterocycles. The topological polar surface area (TPSA) is 87.7 Å². The average Bonchev–Trinajstić information content (AvgIpc) is 3.31. The number of hydrogen-bond acceptors (Lipinski definition) is 4. The molecular formula is C24H29N3O4. The molecule has 1 spiro atoms. The van der Waals surface area contributed by atoms with E-state index in [-0.39, 0.29) is 23.8 Å². The van der Waals surface area contributed by atoms with Crippen molar-refractivity contribution in [3.63, 3.8) is 0 Å². The van der Waals surface area contributed by atoms with Crippen LogP contribution in [0.15, 0.2) is 42.5 Å². The number of ether oxygens (including phenoxy) is 1. The second-order valence-electron chi connectivity index (χ2n) is 10.1. The molecule has 3 fully saturated rings. The fourth-order valence-corrected chi connectivity index (χ4v) is 5.29. The summed E-state index contributed by atoms with van der Waals surface area (Å²) in [6.45, 7) is 6.14. The highest BCUT2D eigenvalue weighted by Gasteiger charge is 2.74. The van der Waals surface area contributed by atoms with Crippen LogP contribution in [0.5, 0.6) is 0 Å². The van der Waals surface area contributed by atoms with Gasteiger partial charge in [-0.25, -0.2) is 0 Å². The molecule has 3 aliphatic heterocycles. The van der Waals surface area contributed by atoms with E-state index in [0.29, 0.717) is 6.54 Å². The van der Waals surface area contributed by atoms with Crippen molar-refractivity contribution in [2.45, 2.75) is 69.5 Å². The highest BCUT2D eigenvalue weighted by molar-refractivity contribution is 6.00. The second-order valence-corrected chi connectivity index (χ2v) is 10.1. The van der Waals surface area contributed by atoms with Gasteiger partial charge in [0.2, 0.25) is 17.7 Å². The van der Waals surface area contributed by atoms with Crippen molar-refractivity contribution in [3.05, 3.63) is 48.0 Å². The number of fused-ring (bicyclic) bond motifs is 1. The first-order valence-corrected chi connectivity index (χ1v) is 11.0. The molecule has 164 valence electrons. The lowest BCUT2D eigenvalue weighted by molar-refractivity contribution is -0.143. The van der Waals surface area contributed by atoms with Crippen molar-refractivity contribution in [1.82, 2.24) is 15.5 Å². The Bertz CT molecular complexity index is 949. The molecule has 2 bridgehead atoms. The first kappa shape index (κ1) is 20.2. The monoisotopic (exact) mass is 423 g/mol. The molecule has 0 aromatic heterocycles. The van der Waals surface area contributed by atoms with Gasteiger partial charge in [-0.05, 0) is 39.2 Å². The highest BCUT2D eigenvalue weighted by atomic mass is 16.5. The van der Waals surface area contributed by atoms with Crippen molar-refractivity contribution in [3.8, 4) is 0 Å². The van der Waals surface area contributed by atoms with Gasteiger partial charge in [-0.3, -0.25) is 14.4 Å². The van der Waals surface area contributed by atoms with Crippen molar-refractivity contribution >= 4 is 17.7 Å². The van der Waals surface area contributed by atoms with Crippen molar-refractivity contribution in [2.75, 3.05) is 0 Å². The molecule has 7 heteroatoms. The Morgan fingerprint density at radius 1 is 1.16 bits per heavy atom. The Hall–Kier alpha value is -2.67. The van der Waals surface area contributed by atoms with E-state index < -0.39 is 35.1 Å². The van der Waals surface area contributed by atoms with Gasteiger partial charge in [-0.1, -0.05) is 42.5 Å². The van der Waals surface area contributed by atoms with E-state index in [2.05, 4.69) is 10.6 Å². The van der Waals surface area contributed by atoms with Crippen molar-refractivity contribution < 1.29 is 19.1 Å². The molecule has 2 N–H and O–H groups in total. The van der Waals surface area contributed by atoms with Gasteiger partial charge in [-0.2, -0.15) is 0 Å². The van der Waals surface area contributed by atoms with Crippen LogP contribution in [0.4, 0.5) is 0 Å². The first-order chi connectivity index (χ1) is 14.7. The van der Waals surface area contributed by atoms with E-state index in [9.17, 15) is 14.4 Å². The van der Waals surface area contributed by atoms with Gasteiger partial charge in [0.05, 0.1) is 17.9 Å². The second kappa shape index (κ2) is 6.92. The summed E-state index contributed by atoms with van der Waals surface area (Å²) in [7, 11) is 0. The number of hydrogen-bond donors (Lipinski definition) is 2. The largest absolute Gasteiger partial charge is 0.359 e. The van der Waals surface area contributed by atoms with Crippen LogP contribution in [0.3, 0.4) is 0 Å². The molecule has 0 unspecified atom stereocenters. The summed E-state index contributed by atoms with van der Waals surface area (Å²) in [5.41, 5.74) is -0.518. The van der Waals surface area contributed by atoms with Crippen LogP contribution in [-0.2, 0) is 25.7 Å². The molecule has 31 heavy (non-hydrogen) atoms. The molecule has 4 aliphatic rings. The predicted molar refractivity (Wildman–Crippen MR) is 114 cm³/mol. The summed E-state index contributed by atoms with van der Waals surface area (Å²) < 4.78 is 6.30. The van der Waals surface area contributed by atoms with Gasteiger partial charge < -0.3 is 20.3 Å². The fraction of sp³-hybridized carbons (Fsp3) is 0.542. The van der Waals surface area contributed by atoms with E-state index in [0.717, 1.165) is 18.4 Å². The van der Waals surface area contributed by atoms with Gasteiger partial charge in [0.25, 0.3) is 0 Å². The van der Waals surface area contributed by atoms with Crippen LogP contribution < -0.4 is 10.6 Å². The third-order valence-corrected chi connectivity index (χ3v) is 6.61. The quantitative estimate of drug-likeness (QED) is 0.703. The highest BCUT2D eigenvalue weighted by Crippen LogP contribution is 2.57. The van der Waals surface area contributed by atoms with E-state index in [1.165, 1.54) is 0 Å². The molecule has 2 saturated heterocycles. The minimum Gasteiger partial charge on any atom is -0.359 e. The zero-order valence-corrected chi connectivity index (χ0v) is 18.1. The molecule has 1 aromatic rings. The summed E-state index contributed by atoms with van der Waals surface area (Å²) in [5.74, 6) is -1.86. The number of likely N-dealkylation sites (tertiary alicyclic amines) is 1. The Labute approximate surface area is 182 Å². The van der Waals surface area contributed by atoms with E-state index in [4.69, 9.17) is 4.74 Å². The molecule has 5 atom stereocenters. The molecule has 1 saturated carbocycles. The maximum atomic E-state index is 13.6. The van der Waals surface area contributed by atoms with Gasteiger partial charge in [0.15, 0.2) is 0 Å². The van der Waals surface area contributed by atoms with Crippen molar-refractivity contribution in [1.29, 1.82) is 0 Å². The van der Waals surface area contributed by atoms with Crippen LogP contribution in [0.2, 0.25) is 0 Å². The Kier molecular flexibility index (Phi) is 4.52.